The zero-order valence-electron chi connectivity index (χ0n) is 8.17. The molecule has 0 unspecified atom stereocenters. The molecule has 0 amide bonds. The van der Waals surface area contributed by atoms with Crippen LogP contribution in [0.15, 0.2) is 0 Å². The standard InChI is InChI=1S/C9H16O3S/c1-3-5-6-12-9(13)7-8(10)11-4-2/h3-7H2,1-2H3. The van der Waals surface area contributed by atoms with Crippen LogP contribution in [0.2, 0.25) is 0 Å². The number of thiocarbonyl (C=S) groups is 1. The minimum Gasteiger partial charge on any atom is -0.486 e. The molecule has 0 bridgehead atoms. The molecule has 0 aromatic rings. The first-order valence-corrected chi connectivity index (χ1v) is 4.92. The third kappa shape index (κ3) is 7.71. The Hall–Kier alpha value is -0.640. The van der Waals surface area contributed by atoms with E-state index in [1.54, 1.807) is 6.92 Å². The summed E-state index contributed by atoms with van der Waals surface area (Å²) in [6, 6.07) is 0. The summed E-state index contributed by atoms with van der Waals surface area (Å²) in [6.07, 6.45) is 2.11. The van der Waals surface area contributed by atoms with Crippen LogP contribution < -0.4 is 0 Å². The normalized spacial score (nSPS) is 9.38. The third-order valence-electron chi connectivity index (χ3n) is 1.35. The molecular formula is C9H16O3S. The summed E-state index contributed by atoms with van der Waals surface area (Å²) in [7, 11) is 0. The van der Waals surface area contributed by atoms with Gasteiger partial charge < -0.3 is 9.47 Å². The summed E-state index contributed by atoms with van der Waals surface area (Å²) in [4.78, 5) is 10.9. The van der Waals surface area contributed by atoms with E-state index < -0.39 is 0 Å². The first kappa shape index (κ1) is 12.4. The van der Waals surface area contributed by atoms with Gasteiger partial charge in [-0.15, -0.1) is 0 Å². The number of carbonyl (C=O) groups excluding carboxylic acids is 1. The highest BCUT2D eigenvalue weighted by Crippen LogP contribution is 1.96. The highest BCUT2D eigenvalue weighted by Gasteiger charge is 2.06. The Labute approximate surface area is 84.4 Å². The van der Waals surface area contributed by atoms with E-state index in [9.17, 15) is 4.79 Å². The summed E-state index contributed by atoms with van der Waals surface area (Å²) >= 11 is 4.83. The monoisotopic (exact) mass is 204 g/mol. The Morgan fingerprint density at radius 3 is 2.54 bits per heavy atom. The molecule has 0 fully saturated rings. The predicted molar refractivity (Wildman–Crippen MR) is 54.7 cm³/mol. The zero-order valence-corrected chi connectivity index (χ0v) is 8.99. The second-order valence-electron chi connectivity index (χ2n) is 2.56. The lowest BCUT2D eigenvalue weighted by molar-refractivity contribution is -0.141. The van der Waals surface area contributed by atoms with Gasteiger partial charge in [0.2, 0.25) is 0 Å². The van der Waals surface area contributed by atoms with Crippen LogP contribution in [0.25, 0.3) is 0 Å². The molecule has 0 spiro atoms. The highest BCUT2D eigenvalue weighted by molar-refractivity contribution is 7.80. The van der Waals surface area contributed by atoms with Gasteiger partial charge in [0.25, 0.3) is 0 Å². The molecule has 0 aliphatic rings. The molecule has 3 nitrogen and oxygen atoms in total. The van der Waals surface area contributed by atoms with Crippen molar-refractivity contribution in [1.82, 2.24) is 0 Å². The molecule has 0 saturated carbocycles. The maximum absolute atomic E-state index is 10.9. The van der Waals surface area contributed by atoms with E-state index in [1.807, 2.05) is 0 Å². The van der Waals surface area contributed by atoms with Gasteiger partial charge in [-0.3, -0.25) is 4.79 Å². The van der Waals surface area contributed by atoms with Crippen LogP contribution in [-0.4, -0.2) is 24.2 Å². The van der Waals surface area contributed by atoms with Crippen LogP contribution in [0.1, 0.15) is 33.1 Å². The van der Waals surface area contributed by atoms with E-state index in [0.29, 0.717) is 18.3 Å². The van der Waals surface area contributed by atoms with Gasteiger partial charge >= 0.3 is 5.97 Å². The minimum absolute atomic E-state index is 0.0902. The van der Waals surface area contributed by atoms with Gasteiger partial charge in [0.05, 0.1) is 13.2 Å². The molecule has 0 aromatic carbocycles. The minimum atomic E-state index is -0.316. The quantitative estimate of drug-likeness (QED) is 0.377. The second-order valence-corrected chi connectivity index (χ2v) is 3.01. The van der Waals surface area contributed by atoms with Crippen LogP contribution in [0.3, 0.4) is 0 Å². The maximum Gasteiger partial charge on any atom is 0.314 e. The fraction of sp³-hybridized carbons (Fsp3) is 0.778. The van der Waals surface area contributed by atoms with Crippen molar-refractivity contribution in [2.75, 3.05) is 13.2 Å². The Balaban J connectivity index is 3.44. The molecular weight excluding hydrogens is 188 g/mol. The number of esters is 1. The lowest BCUT2D eigenvalue weighted by Crippen LogP contribution is -2.12. The maximum atomic E-state index is 10.9. The molecule has 0 aromatic heterocycles. The predicted octanol–water partition coefficient (Wildman–Crippen LogP) is 2.08. The van der Waals surface area contributed by atoms with Crippen molar-refractivity contribution < 1.29 is 14.3 Å². The first-order chi connectivity index (χ1) is 6.20. The Morgan fingerprint density at radius 2 is 2.00 bits per heavy atom. The SMILES string of the molecule is CCCCOC(=S)CC(=O)OCC. The molecule has 0 atom stereocenters. The number of unbranched alkanes of at least 4 members (excludes halogenated alkanes) is 1. The Morgan fingerprint density at radius 1 is 1.31 bits per heavy atom. The fourth-order valence-corrected chi connectivity index (χ4v) is 0.912. The van der Waals surface area contributed by atoms with Gasteiger partial charge in [-0.2, -0.15) is 0 Å². The largest absolute Gasteiger partial charge is 0.486 e. The highest BCUT2D eigenvalue weighted by atomic mass is 32.1. The number of carbonyl (C=O) groups is 1. The third-order valence-corrected chi connectivity index (χ3v) is 1.62. The van der Waals surface area contributed by atoms with E-state index >= 15 is 0 Å². The van der Waals surface area contributed by atoms with Crippen LogP contribution in [-0.2, 0) is 14.3 Å². The Kier molecular flexibility index (Phi) is 7.59. The molecule has 0 N–H and O–H groups in total. The molecule has 0 saturated heterocycles. The molecule has 76 valence electrons. The van der Waals surface area contributed by atoms with Crippen LogP contribution in [0.5, 0.6) is 0 Å². The summed E-state index contributed by atoms with van der Waals surface area (Å²) in [6.45, 7) is 4.81. The number of hydrogen-bond acceptors (Lipinski definition) is 4. The van der Waals surface area contributed by atoms with Crippen molar-refractivity contribution in [3.05, 3.63) is 0 Å². The average Bonchev–Trinajstić information content (AvgIpc) is 2.05. The van der Waals surface area contributed by atoms with Gasteiger partial charge in [0, 0.05) is 0 Å². The van der Waals surface area contributed by atoms with E-state index in [4.69, 9.17) is 21.7 Å². The van der Waals surface area contributed by atoms with Gasteiger partial charge in [-0.1, -0.05) is 13.3 Å². The smallest absolute Gasteiger partial charge is 0.314 e. The molecule has 0 heterocycles. The summed E-state index contributed by atoms with van der Waals surface area (Å²) in [5.74, 6) is -0.316. The summed E-state index contributed by atoms with van der Waals surface area (Å²) in [5.41, 5.74) is 0. The van der Waals surface area contributed by atoms with E-state index in [0.717, 1.165) is 12.8 Å². The average molecular weight is 204 g/mol. The molecule has 0 rings (SSSR count). The van der Waals surface area contributed by atoms with Gasteiger partial charge in [-0.05, 0) is 25.6 Å². The van der Waals surface area contributed by atoms with Crippen molar-refractivity contribution in [3.8, 4) is 0 Å². The van der Waals surface area contributed by atoms with Gasteiger partial charge in [0.1, 0.15) is 6.42 Å². The van der Waals surface area contributed by atoms with Gasteiger partial charge in [0.15, 0.2) is 5.05 Å². The van der Waals surface area contributed by atoms with Crippen molar-refractivity contribution in [2.45, 2.75) is 33.1 Å². The summed E-state index contributed by atoms with van der Waals surface area (Å²) < 4.78 is 9.84. The first-order valence-electron chi connectivity index (χ1n) is 4.52. The van der Waals surface area contributed by atoms with E-state index in [2.05, 4.69) is 6.92 Å². The Bertz CT molecular complexity index is 168. The van der Waals surface area contributed by atoms with Crippen molar-refractivity contribution in [1.29, 1.82) is 0 Å². The molecule has 0 aliphatic carbocycles. The van der Waals surface area contributed by atoms with Crippen molar-refractivity contribution >= 4 is 23.2 Å². The van der Waals surface area contributed by atoms with Crippen molar-refractivity contribution in [2.24, 2.45) is 0 Å². The molecule has 4 heteroatoms. The number of hydrogen-bond donors (Lipinski definition) is 0. The van der Waals surface area contributed by atoms with Crippen LogP contribution in [0.4, 0.5) is 0 Å². The fourth-order valence-electron chi connectivity index (χ4n) is 0.711. The number of ether oxygens (including phenoxy) is 2. The van der Waals surface area contributed by atoms with Crippen molar-refractivity contribution in [3.63, 3.8) is 0 Å². The van der Waals surface area contributed by atoms with Crippen LogP contribution in [0, 0.1) is 0 Å². The molecule has 0 aliphatic heterocycles. The second kappa shape index (κ2) is 7.98. The van der Waals surface area contributed by atoms with E-state index in [1.165, 1.54) is 0 Å². The molecule has 0 radical (unpaired) electrons. The topological polar surface area (TPSA) is 35.5 Å². The lowest BCUT2D eigenvalue weighted by Gasteiger charge is -2.05. The summed E-state index contributed by atoms with van der Waals surface area (Å²) in [5, 5.41) is 0.326. The van der Waals surface area contributed by atoms with Crippen LogP contribution >= 0.6 is 12.2 Å². The lowest BCUT2D eigenvalue weighted by atomic mass is 10.4. The number of rotatable bonds is 6. The zero-order chi connectivity index (χ0) is 10.1. The van der Waals surface area contributed by atoms with Gasteiger partial charge in [-0.25, -0.2) is 0 Å². The van der Waals surface area contributed by atoms with E-state index in [-0.39, 0.29) is 12.4 Å². The molecule has 13 heavy (non-hydrogen) atoms.